The molecule has 0 aliphatic rings. The molecule has 3 heteroatoms. The fourth-order valence-electron chi connectivity index (χ4n) is 1.21. The van der Waals surface area contributed by atoms with Crippen LogP contribution >= 0.6 is 27.3 Å². The molecule has 1 heterocycles. The highest BCUT2D eigenvalue weighted by Gasteiger charge is 2.06. The molecule has 2 rings (SSSR count). The van der Waals surface area contributed by atoms with Gasteiger partial charge in [0, 0.05) is 15.4 Å². The van der Waals surface area contributed by atoms with Crippen molar-refractivity contribution < 1.29 is 4.39 Å². The number of benzene rings is 1. The zero-order valence-corrected chi connectivity index (χ0v) is 8.58. The third-order valence-corrected chi connectivity index (χ3v) is 3.37. The molecule has 1 aromatic heterocycles. The summed E-state index contributed by atoms with van der Waals surface area (Å²) in [6.07, 6.45) is 0. The van der Waals surface area contributed by atoms with Gasteiger partial charge < -0.3 is 0 Å². The Balaban J connectivity index is 2.83. The molecule has 0 bridgehead atoms. The summed E-state index contributed by atoms with van der Waals surface area (Å²) in [6.45, 7) is 0. The van der Waals surface area contributed by atoms with Crippen LogP contribution in [0.1, 0.15) is 5.56 Å². The van der Waals surface area contributed by atoms with Crippen molar-refractivity contribution in [2.24, 2.45) is 0 Å². The first-order valence-corrected chi connectivity index (χ1v) is 5.53. The van der Waals surface area contributed by atoms with E-state index in [1.807, 2.05) is 11.4 Å². The van der Waals surface area contributed by atoms with Crippen LogP contribution in [0.2, 0.25) is 0 Å². The van der Waals surface area contributed by atoms with Gasteiger partial charge >= 0.3 is 0 Å². The lowest BCUT2D eigenvalue weighted by molar-refractivity contribution is 0.639. The number of hydrogen-bond donors (Lipinski definition) is 0. The molecular weight excluding hydrogens is 239 g/mol. The van der Waals surface area contributed by atoms with Crippen LogP contribution in [-0.4, -0.2) is 0 Å². The topological polar surface area (TPSA) is 0 Å². The summed E-state index contributed by atoms with van der Waals surface area (Å²) in [5.41, 5.74) is 1.04. The molecule has 0 atom stereocenters. The van der Waals surface area contributed by atoms with Gasteiger partial charge in [-0.3, -0.25) is 0 Å². The van der Waals surface area contributed by atoms with Crippen LogP contribution in [0.3, 0.4) is 0 Å². The van der Waals surface area contributed by atoms with Gasteiger partial charge in [-0.25, -0.2) is 4.39 Å². The number of alkyl halides is 1. The highest BCUT2D eigenvalue weighted by atomic mass is 79.9. The molecule has 62 valence electrons. The Labute approximate surface area is 82.2 Å². The molecule has 0 saturated heterocycles. The zero-order chi connectivity index (χ0) is 8.55. The van der Waals surface area contributed by atoms with Crippen molar-refractivity contribution in [1.82, 2.24) is 0 Å². The standard InChI is InChI=1S/C9H6BrFS/c10-4-6-5-12-8-3-1-2-7(11)9(6)8/h1-3,5H,4H2. The lowest BCUT2D eigenvalue weighted by Gasteiger charge is -1.94. The average Bonchev–Trinajstić information content (AvgIpc) is 2.49. The van der Waals surface area contributed by atoms with Crippen LogP contribution in [-0.2, 0) is 5.33 Å². The minimum Gasteiger partial charge on any atom is -0.206 e. The van der Waals surface area contributed by atoms with E-state index < -0.39 is 0 Å². The molecule has 0 N–H and O–H groups in total. The van der Waals surface area contributed by atoms with Gasteiger partial charge in [0.05, 0.1) is 0 Å². The third-order valence-electron chi connectivity index (χ3n) is 1.77. The second kappa shape index (κ2) is 3.15. The molecule has 0 fully saturated rings. The van der Waals surface area contributed by atoms with E-state index in [2.05, 4.69) is 15.9 Å². The lowest BCUT2D eigenvalue weighted by Crippen LogP contribution is -1.78. The highest BCUT2D eigenvalue weighted by molar-refractivity contribution is 9.08. The van der Waals surface area contributed by atoms with Crippen molar-refractivity contribution in [1.29, 1.82) is 0 Å². The van der Waals surface area contributed by atoms with Gasteiger partial charge in [-0.05, 0) is 23.1 Å². The summed E-state index contributed by atoms with van der Waals surface area (Å²) in [7, 11) is 0. The van der Waals surface area contributed by atoms with Gasteiger partial charge in [0.1, 0.15) is 5.82 Å². The predicted molar refractivity (Wildman–Crippen MR) is 54.4 cm³/mol. The van der Waals surface area contributed by atoms with Crippen molar-refractivity contribution >= 4 is 37.4 Å². The maximum Gasteiger partial charge on any atom is 0.132 e. The van der Waals surface area contributed by atoms with Crippen molar-refractivity contribution in [2.45, 2.75) is 5.33 Å². The van der Waals surface area contributed by atoms with E-state index in [1.165, 1.54) is 6.07 Å². The Morgan fingerprint density at radius 2 is 2.25 bits per heavy atom. The molecule has 0 saturated carbocycles. The van der Waals surface area contributed by atoms with E-state index in [0.717, 1.165) is 15.6 Å². The van der Waals surface area contributed by atoms with E-state index in [0.29, 0.717) is 5.33 Å². The van der Waals surface area contributed by atoms with Crippen LogP contribution in [0, 0.1) is 5.82 Å². The fourth-order valence-corrected chi connectivity index (χ4v) is 2.84. The van der Waals surface area contributed by atoms with E-state index in [-0.39, 0.29) is 5.82 Å². The quantitative estimate of drug-likeness (QED) is 0.667. The summed E-state index contributed by atoms with van der Waals surface area (Å²) >= 11 is 4.91. The minimum absolute atomic E-state index is 0.122. The number of rotatable bonds is 1. The predicted octanol–water partition coefficient (Wildman–Crippen LogP) is 3.94. The van der Waals surface area contributed by atoms with Crippen molar-refractivity contribution in [2.75, 3.05) is 0 Å². The molecule has 0 aliphatic carbocycles. The van der Waals surface area contributed by atoms with Gasteiger partial charge in [-0.15, -0.1) is 11.3 Å². The summed E-state index contributed by atoms with van der Waals surface area (Å²) in [5.74, 6) is -0.122. The van der Waals surface area contributed by atoms with Gasteiger partial charge in [0.15, 0.2) is 0 Å². The molecular formula is C9H6BrFS. The molecule has 0 nitrogen and oxygen atoms in total. The van der Waals surface area contributed by atoms with E-state index in [9.17, 15) is 4.39 Å². The Kier molecular flexibility index (Phi) is 2.15. The van der Waals surface area contributed by atoms with Gasteiger partial charge in [0.2, 0.25) is 0 Å². The number of halogens is 2. The molecule has 0 amide bonds. The smallest absolute Gasteiger partial charge is 0.132 e. The van der Waals surface area contributed by atoms with Crippen LogP contribution < -0.4 is 0 Å². The van der Waals surface area contributed by atoms with Gasteiger partial charge in [-0.2, -0.15) is 0 Å². The lowest BCUT2D eigenvalue weighted by atomic mass is 10.2. The Morgan fingerprint density at radius 3 is 3.00 bits per heavy atom. The summed E-state index contributed by atoms with van der Waals surface area (Å²) in [4.78, 5) is 0. The molecule has 0 radical (unpaired) electrons. The number of thiophene rings is 1. The summed E-state index contributed by atoms with van der Waals surface area (Å²) in [5, 5.41) is 3.47. The number of fused-ring (bicyclic) bond motifs is 1. The van der Waals surface area contributed by atoms with E-state index in [4.69, 9.17) is 0 Å². The maximum atomic E-state index is 13.3. The Bertz CT molecular complexity index is 408. The molecule has 0 spiro atoms. The second-order valence-electron chi connectivity index (χ2n) is 2.51. The van der Waals surface area contributed by atoms with Gasteiger partial charge in [0.25, 0.3) is 0 Å². The SMILES string of the molecule is Fc1cccc2scc(CBr)c12. The molecule has 12 heavy (non-hydrogen) atoms. The highest BCUT2D eigenvalue weighted by Crippen LogP contribution is 2.29. The van der Waals surface area contributed by atoms with Crippen LogP contribution in [0.5, 0.6) is 0 Å². The van der Waals surface area contributed by atoms with Crippen LogP contribution in [0.25, 0.3) is 10.1 Å². The molecule has 0 unspecified atom stereocenters. The van der Waals surface area contributed by atoms with E-state index in [1.54, 1.807) is 17.4 Å². The Hall–Kier alpha value is -0.410. The normalized spacial score (nSPS) is 10.8. The molecule has 1 aromatic carbocycles. The molecule has 2 aromatic rings. The monoisotopic (exact) mass is 244 g/mol. The Morgan fingerprint density at radius 1 is 1.42 bits per heavy atom. The number of hydrogen-bond acceptors (Lipinski definition) is 1. The third kappa shape index (κ3) is 1.17. The molecule has 0 aliphatic heterocycles. The first-order chi connectivity index (χ1) is 5.83. The largest absolute Gasteiger partial charge is 0.206 e. The summed E-state index contributed by atoms with van der Waals surface area (Å²) < 4.78 is 14.3. The van der Waals surface area contributed by atoms with Crippen molar-refractivity contribution in [3.05, 3.63) is 35.0 Å². The maximum absolute atomic E-state index is 13.3. The minimum atomic E-state index is -0.122. The average molecular weight is 245 g/mol. The fraction of sp³-hybridized carbons (Fsp3) is 0.111. The first kappa shape index (κ1) is 8.20. The summed E-state index contributed by atoms with van der Waals surface area (Å²) in [6, 6.07) is 5.18. The van der Waals surface area contributed by atoms with Crippen LogP contribution in [0.4, 0.5) is 4.39 Å². The first-order valence-electron chi connectivity index (χ1n) is 3.53. The van der Waals surface area contributed by atoms with Crippen molar-refractivity contribution in [3.63, 3.8) is 0 Å². The van der Waals surface area contributed by atoms with Crippen LogP contribution in [0.15, 0.2) is 23.6 Å². The van der Waals surface area contributed by atoms with E-state index >= 15 is 0 Å². The van der Waals surface area contributed by atoms with Crippen molar-refractivity contribution in [3.8, 4) is 0 Å². The second-order valence-corrected chi connectivity index (χ2v) is 3.98. The zero-order valence-electron chi connectivity index (χ0n) is 6.18. The van der Waals surface area contributed by atoms with Gasteiger partial charge in [-0.1, -0.05) is 22.0 Å².